The molecule has 0 spiro atoms. The summed E-state index contributed by atoms with van der Waals surface area (Å²) in [5, 5.41) is 0. The molecule has 0 amide bonds. The Balaban J connectivity index is 1.57. The Morgan fingerprint density at radius 1 is 1.13 bits per heavy atom. The van der Waals surface area contributed by atoms with Gasteiger partial charge in [-0.15, -0.1) is 0 Å². The van der Waals surface area contributed by atoms with Crippen molar-refractivity contribution in [2.24, 2.45) is 0 Å². The summed E-state index contributed by atoms with van der Waals surface area (Å²) in [6.07, 6.45) is 14.2. The minimum absolute atomic E-state index is 0.0613. The highest BCUT2D eigenvalue weighted by molar-refractivity contribution is 5.89. The molecule has 0 saturated carbocycles. The van der Waals surface area contributed by atoms with Crippen LogP contribution >= 0.6 is 0 Å². The summed E-state index contributed by atoms with van der Waals surface area (Å²) in [4.78, 5) is 33.1. The molecule has 3 aliphatic rings. The van der Waals surface area contributed by atoms with Crippen LogP contribution in [0.1, 0.15) is 74.8 Å². The molecule has 2 aromatic rings. The third-order valence-electron chi connectivity index (χ3n) is 7.27. The number of fused-ring (bicyclic) bond motifs is 3. The largest absolute Gasteiger partial charge is 0.461 e. The van der Waals surface area contributed by atoms with Crippen molar-refractivity contribution in [2.45, 2.75) is 82.5 Å². The summed E-state index contributed by atoms with van der Waals surface area (Å²) < 4.78 is 7.00. The molecule has 2 saturated heterocycles. The van der Waals surface area contributed by atoms with Crippen molar-refractivity contribution in [1.29, 1.82) is 0 Å². The summed E-state index contributed by atoms with van der Waals surface area (Å²) in [7, 11) is 0. The maximum absolute atomic E-state index is 13.5. The summed E-state index contributed by atoms with van der Waals surface area (Å²) in [5.41, 5.74) is 1.07. The molecule has 2 unspecified atom stereocenters. The van der Waals surface area contributed by atoms with E-state index < -0.39 is 5.97 Å². The summed E-state index contributed by atoms with van der Waals surface area (Å²) >= 11 is 0. The predicted octanol–water partition coefficient (Wildman–Crippen LogP) is 4.24. The second-order valence-corrected chi connectivity index (χ2v) is 9.03. The van der Waals surface area contributed by atoms with Crippen molar-refractivity contribution >= 4 is 17.0 Å². The fraction of sp³-hybridized carbons (Fsp3) is 0.560. The first-order valence-electron chi connectivity index (χ1n) is 11.8. The molecule has 1 aliphatic carbocycles. The lowest BCUT2D eigenvalue weighted by atomic mass is 9.95. The number of esters is 1. The van der Waals surface area contributed by atoms with E-state index in [1.807, 2.05) is 28.8 Å². The SMILES string of the molecule is CCOC(=O)c1nc2ccccc2n([C@@H]2C[C@@H]3CCC2N3C2C=CCCCCC2)c1=O. The molecule has 2 fully saturated rings. The number of aromatic nitrogens is 2. The van der Waals surface area contributed by atoms with Gasteiger partial charge in [-0.2, -0.15) is 0 Å². The van der Waals surface area contributed by atoms with Crippen LogP contribution in [0.15, 0.2) is 41.2 Å². The van der Waals surface area contributed by atoms with Gasteiger partial charge in [0.1, 0.15) is 0 Å². The van der Waals surface area contributed by atoms with Crippen LogP contribution in [0.3, 0.4) is 0 Å². The first-order valence-corrected chi connectivity index (χ1v) is 11.8. The molecular formula is C25H31N3O3. The van der Waals surface area contributed by atoms with Gasteiger partial charge < -0.3 is 4.74 Å². The van der Waals surface area contributed by atoms with Gasteiger partial charge in [0.2, 0.25) is 5.69 Å². The van der Waals surface area contributed by atoms with E-state index in [4.69, 9.17) is 4.74 Å². The van der Waals surface area contributed by atoms with Crippen LogP contribution in [-0.2, 0) is 4.74 Å². The quantitative estimate of drug-likeness (QED) is 0.546. The third kappa shape index (κ3) is 3.61. The zero-order valence-electron chi connectivity index (χ0n) is 18.2. The van der Waals surface area contributed by atoms with Gasteiger partial charge in [0.15, 0.2) is 0 Å². The number of ether oxygens (including phenoxy) is 1. The van der Waals surface area contributed by atoms with Gasteiger partial charge in [-0.3, -0.25) is 14.3 Å². The van der Waals surface area contributed by atoms with Gasteiger partial charge in [-0.05, 0) is 57.6 Å². The second-order valence-electron chi connectivity index (χ2n) is 9.03. The number of hydrogen-bond donors (Lipinski definition) is 0. The van der Waals surface area contributed by atoms with Crippen LogP contribution < -0.4 is 5.56 Å². The number of carbonyl (C=O) groups excluding carboxylic acids is 1. The number of rotatable bonds is 4. The highest BCUT2D eigenvalue weighted by atomic mass is 16.5. The third-order valence-corrected chi connectivity index (χ3v) is 7.27. The van der Waals surface area contributed by atoms with E-state index >= 15 is 0 Å². The van der Waals surface area contributed by atoms with E-state index in [0.717, 1.165) is 18.4 Å². The number of para-hydroxylation sites is 2. The number of nitrogens with zero attached hydrogens (tertiary/aromatic N) is 3. The normalized spacial score (nSPS) is 28.5. The smallest absolute Gasteiger partial charge is 0.362 e. The molecule has 31 heavy (non-hydrogen) atoms. The van der Waals surface area contributed by atoms with Crippen LogP contribution in [0.25, 0.3) is 11.0 Å². The number of allylic oxidation sites excluding steroid dienone is 1. The molecule has 2 aliphatic heterocycles. The molecular weight excluding hydrogens is 390 g/mol. The van der Waals surface area contributed by atoms with E-state index in [0.29, 0.717) is 23.6 Å². The van der Waals surface area contributed by atoms with Crippen LogP contribution in [0, 0.1) is 0 Å². The average Bonchev–Trinajstić information content (AvgIpc) is 3.31. The fourth-order valence-electron chi connectivity index (χ4n) is 6.00. The van der Waals surface area contributed by atoms with Gasteiger partial charge >= 0.3 is 5.97 Å². The Morgan fingerprint density at radius 2 is 2.00 bits per heavy atom. The van der Waals surface area contributed by atoms with E-state index in [2.05, 4.69) is 22.0 Å². The number of benzene rings is 1. The van der Waals surface area contributed by atoms with Gasteiger partial charge in [-0.1, -0.05) is 37.1 Å². The molecule has 2 bridgehead atoms. The molecule has 1 aromatic heterocycles. The molecule has 4 atom stereocenters. The minimum Gasteiger partial charge on any atom is -0.461 e. The Labute approximate surface area is 182 Å². The highest BCUT2D eigenvalue weighted by Gasteiger charge is 2.49. The Bertz CT molecular complexity index is 1060. The molecule has 3 heterocycles. The van der Waals surface area contributed by atoms with Crippen LogP contribution in [0.5, 0.6) is 0 Å². The zero-order valence-corrected chi connectivity index (χ0v) is 18.2. The number of carbonyl (C=O) groups is 1. The van der Waals surface area contributed by atoms with Crippen molar-refractivity contribution in [3.63, 3.8) is 0 Å². The van der Waals surface area contributed by atoms with Crippen LogP contribution in [0.4, 0.5) is 0 Å². The molecule has 0 N–H and O–H groups in total. The molecule has 0 radical (unpaired) electrons. The standard InChI is InChI=1S/C25H31N3O3/c1-2-31-25(30)23-24(29)28(20-13-9-8-12-19(20)26-23)22-16-18-14-15-21(22)27(18)17-10-6-4-3-5-7-11-17/h6,8-10,12-13,17-18,21-22H,2-5,7,11,14-16H2,1H3/t17?,18-,21?,22+/m0/s1. The van der Waals surface area contributed by atoms with Crippen molar-refractivity contribution in [2.75, 3.05) is 6.61 Å². The average molecular weight is 422 g/mol. The highest BCUT2D eigenvalue weighted by Crippen LogP contribution is 2.46. The predicted molar refractivity (Wildman–Crippen MR) is 120 cm³/mol. The molecule has 164 valence electrons. The first-order chi connectivity index (χ1) is 15.2. The fourth-order valence-corrected chi connectivity index (χ4v) is 6.00. The summed E-state index contributed by atoms with van der Waals surface area (Å²) in [5.74, 6) is -0.630. The molecule has 5 rings (SSSR count). The Morgan fingerprint density at radius 3 is 2.87 bits per heavy atom. The van der Waals surface area contributed by atoms with Crippen molar-refractivity contribution in [3.8, 4) is 0 Å². The second kappa shape index (κ2) is 8.58. The van der Waals surface area contributed by atoms with Gasteiger partial charge in [-0.25, -0.2) is 9.78 Å². The summed E-state index contributed by atoms with van der Waals surface area (Å²) in [6, 6.07) is 8.98. The Hall–Kier alpha value is -2.47. The van der Waals surface area contributed by atoms with Crippen molar-refractivity contribution in [1.82, 2.24) is 14.5 Å². The first kappa shape index (κ1) is 20.4. The van der Waals surface area contributed by atoms with Gasteiger partial charge in [0.05, 0.1) is 23.7 Å². The van der Waals surface area contributed by atoms with Gasteiger partial charge in [0.25, 0.3) is 5.56 Å². The van der Waals surface area contributed by atoms with Crippen LogP contribution in [0.2, 0.25) is 0 Å². The lowest BCUT2D eigenvalue weighted by Gasteiger charge is -2.32. The molecule has 6 nitrogen and oxygen atoms in total. The lowest BCUT2D eigenvalue weighted by Crippen LogP contribution is -2.41. The monoisotopic (exact) mass is 421 g/mol. The zero-order chi connectivity index (χ0) is 21.4. The Kier molecular flexibility index (Phi) is 5.65. The van der Waals surface area contributed by atoms with E-state index in [9.17, 15) is 9.59 Å². The minimum atomic E-state index is -0.630. The lowest BCUT2D eigenvalue weighted by molar-refractivity contribution is 0.0516. The summed E-state index contributed by atoms with van der Waals surface area (Å²) in [6.45, 7) is 1.97. The maximum atomic E-state index is 13.5. The van der Waals surface area contributed by atoms with Gasteiger partial charge in [0, 0.05) is 18.1 Å². The van der Waals surface area contributed by atoms with E-state index in [1.165, 1.54) is 38.5 Å². The molecule has 6 heteroatoms. The van der Waals surface area contributed by atoms with Crippen molar-refractivity contribution in [3.05, 3.63) is 52.5 Å². The van der Waals surface area contributed by atoms with E-state index in [1.54, 1.807) is 6.92 Å². The van der Waals surface area contributed by atoms with Crippen LogP contribution in [-0.4, -0.2) is 45.2 Å². The number of hydrogen-bond acceptors (Lipinski definition) is 5. The topological polar surface area (TPSA) is 64.4 Å². The van der Waals surface area contributed by atoms with Crippen molar-refractivity contribution < 1.29 is 9.53 Å². The maximum Gasteiger partial charge on any atom is 0.362 e. The molecule has 1 aromatic carbocycles. The van der Waals surface area contributed by atoms with E-state index in [-0.39, 0.29) is 23.9 Å².